The first kappa shape index (κ1) is 19.1. The number of aryl methyl sites for hydroxylation is 1. The van der Waals surface area contributed by atoms with Crippen molar-refractivity contribution in [3.05, 3.63) is 29.3 Å². The quantitative estimate of drug-likeness (QED) is 0.480. The van der Waals surface area contributed by atoms with Gasteiger partial charge >= 0.3 is 0 Å². The normalized spacial score (nSPS) is 20.2. The Morgan fingerprint density at radius 2 is 2.08 bits per heavy atom. The maximum absolute atomic E-state index is 4.35. The van der Waals surface area contributed by atoms with Crippen molar-refractivity contribution in [2.24, 2.45) is 4.99 Å². The zero-order valence-electron chi connectivity index (χ0n) is 15.6. The van der Waals surface area contributed by atoms with Gasteiger partial charge in [-0.25, -0.2) is 0 Å². The number of aliphatic imine (C=N–C) groups is 1. The van der Waals surface area contributed by atoms with E-state index in [-0.39, 0.29) is 0 Å². The highest BCUT2D eigenvalue weighted by atomic mass is 32.2. The minimum atomic E-state index is 0.519. The third-order valence-electron chi connectivity index (χ3n) is 4.63. The summed E-state index contributed by atoms with van der Waals surface area (Å²) in [6.07, 6.45) is 2.12. The molecule has 0 radical (unpaired) electrons. The summed E-state index contributed by atoms with van der Waals surface area (Å²) in [5, 5.41) is 6.88. The number of nitrogens with one attached hydrogen (secondary N) is 2. The third kappa shape index (κ3) is 5.40. The van der Waals surface area contributed by atoms with Crippen LogP contribution in [-0.4, -0.2) is 75.4 Å². The summed E-state index contributed by atoms with van der Waals surface area (Å²) < 4.78 is 0. The molecule has 0 saturated carbocycles. The van der Waals surface area contributed by atoms with Gasteiger partial charge < -0.3 is 15.5 Å². The molecule has 2 N–H and O–H groups in total. The van der Waals surface area contributed by atoms with Crippen LogP contribution in [0.3, 0.4) is 0 Å². The lowest BCUT2D eigenvalue weighted by Crippen LogP contribution is -2.55. The van der Waals surface area contributed by atoms with Gasteiger partial charge in [-0.1, -0.05) is 12.1 Å². The van der Waals surface area contributed by atoms with E-state index in [1.54, 1.807) is 11.8 Å². The van der Waals surface area contributed by atoms with E-state index in [4.69, 9.17) is 0 Å². The molecular formula is C18H31N5S. The first-order chi connectivity index (χ1) is 11.5. The van der Waals surface area contributed by atoms with E-state index < -0.39 is 0 Å². The molecule has 1 aromatic carbocycles. The van der Waals surface area contributed by atoms with Gasteiger partial charge in [0.25, 0.3) is 0 Å². The van der Waals surface area contributed by atoms with Crippen molar-refractivity contribution in [2.45, 2.75) is 24.4 Å². The molecule has 1 aliphatic heterocycles. The Hall–Kier alpha value is -1.24. The smallest absolute Gasteiger partial charge is 0.191 e. The van der Waals surface area contributed by atoms with Crippen LogP contribution in [0.1, 0.15) is 11.1 Å². The molecule has 1 aromatic rings. The average Bonchev–Trinajstić information content (AvgIpc) is 2.58. The lowest BCUT2D eigenvalue weighted by Gasteiger charge is -2.37. The van der Waals surface area contributed by atoms with E-state index in [1.807, 2.05) is 7.05 Å². The highest BCUT2D eigenvalue weighted by Gasteiger charge is 2.21. The summed E-state index contributed by atoms with van der Waals surface area (Å²) in [6.45, 7) is 7.22. The van der Waals surface area contributed by atoms with Gasteiger partial charge in [0.05, 0.1) is 0 Å². The molecule has 134 valence electrons. The number of thioether (sulfide) groups is 1. The molecule has 1 atom stereocenters. The van der Waals surface area contributed by atoms with Crippen molar-refractivity contribution in [3.63, 3.8) is 0 Å². The second kappa shape index (κ2) is 9.30. The monoisotopic (exact) mass is 349 g/mol. The topological polar surface area (TPSA) is 42.9 Å². The average molecular weight is 350 g/mol. The predicted molar refractivity (Wildman–Crippen MR) is 105 cm³/mol. The zero-order valence-corrected chi connectivity index (χ0v) is 16.4. The van der Waals surface area contributed by atoms with Crippen molar-refractivity contribution >= 4 is 17.7 Å². The Morgan fingerprint density at radius 1 is 1.29 bits per heavy atom. The van der Waals surface area contributed by atoms with Crippen LogP contribution in [0, 0.1) is 6.92 Å². The lowest BCUT2D eigenvalue weighted by molar-refractivity contribution is 0.116. The van der Waals surface area contributed by atoms with Crippen LogP contribution >= 0.6 is 11.8 Å². The van der Waals surface area contributed by atoms with Crippen molar-refractivity contribution in [2.75, 3.05) is 53.6 Å². The fourth-order valence-electron chi connectivity index (χ4n) is 2.99. The van der Waals surface area contributed by atoms with Gasteiger partial charge in [0.1, 0.15) is 0 Å². The maximum Gasteiger partial charge on any atom is 0.191 e. The van der Waals surface area contributed by atoms with Crippen molar-refractivity contribution in [1.82, 2.24) is 20.4 Å². The molecule has 1 aliphatic rings. The molecule has 5 nitrogen and oxygen atoms in total. The Bertz CT molecular complexity index is 560. The molecule has 2 rings (SSSR count). The van der Waals surface area contributed by atoms with Gasteiger partial charge in [-0.15, -0.1) is 11.8 Å². The minimum Gasteiger partial charge on any atom is -0.355 e. The molecule has 0 aromatic heterocycles. The van der Waals surface area contributed by atoms with Crippen molar-refractivity contribution < 1.29 is 0 Å². The second-order valence-corrected chi connectivity index (χ2v) is 7.36. The Balaban J connectivity index is 1.83. The molecule has 0 spiro atoms. The lowest BCUT2D eigenvalue weighted by atomic mass is 10.1. The first-order valence-electron chi connectivity index (χ1n) is 8.50. The van der Waals surface area contributed by atoms with Gasteiger partial charge in [0, 0.05) is 50.7 Å². The largest absolute Gasteiger partial charge is 0.355 e. The van der Waals surface area contributed by atoms with Crippen LogP contribution in [0.15, 0.2) is 28.1 Å². The van der Waals surface area contributed by atoms with E-state index in [1.165, 1.54) is 16.0 Å². The minimum absolute atomic E-state index is 0.519. The summed E-state index contributed by atoms with van der Waals surface area (Å²) in [5.41, 5.74) is 2.61. The fourth-order valence-corrected chi connectivity index (χ4v) is 3.58. The van der Waals surface area contributed by atoms with E-state index in [0.29, 0.717) is 6.04 Å². The van der Waals surface area contributed by atoms with E-state index in [0.717, 1.165) is 38.7 Å². The standard InChI is InChI=1S/C18H31N5S/c1-14-10-15(6-7-17(14)24-5)11-20-18(19-2)21-12-16-13-22(3)8-9-23(16)4/h6-7,10,16H,8-9,11-13H2,1-5H3,(H2,19,20,21). The summed E-state index contributed by atoms with van der Waals surface area (Å²) in [7, 11) is 6.22. The Kier molecular flexibility index (Phi) is 7.40. The number of benzene rings is 1. The molecule has 0 aliphatic carbocycles. The molecule has 0 bridgehead atoms. The van der Waals surface area contributed by atoms with Gasteiger partial charge in [-0.2, -0.15) is 0 Å². The number of nitrogens with zero attached hydrogens (tertiary/aromatic N) is 3. The maximum atomic E-state index is 4.35. The van der Waals surface area contributed by atoms with Crippen LogP contribution in [-0.2, 0) is 6.54 Å². The highest BCUT2D eigenvalue weighted by Crippen LogP contribution is 2.20. The van der Waals surface area contributed by atoms with Crippen LogP contribution < -0.4 is 10.6 Å². The predicted octanol–water partition coefficient (Wildman–Crippen LogP) is 1.63. The molecule has 6 heteroatoms. The number of hydrogen-bond donors (Lipinski definition) is 2. The van der Waals surface area contributed by atoms with E-state index in [9.17, 15) is 0 Å². The molecule has 1 fully saturated rings. The van der Waals surface area contributed by atoms with Gasteiger partial charge in [-0.3, -0.25) is 9.89 Å². The van der Waals surface area contributed by atoms with E-state index in [2.05, 4.69) is 70.9 Å². The molecule has 1 unspecified atom stereocenters. The second-order valence-electron chi connectivity index (χ2n) is 6.51. The van der Waals surface area contributed by atoms with Gasteiger partial charge in [0.2, 0.25) is 0 Å². The first-order valence-corrected chi connectivity index (χ1v) is 9.72. The molecule has 24 heavy (non-hydrogen) atoms. The molecule has 0 amide bonds. The van der Waals surface area contributed by atoms with Crippen LogP contribution in [0.4, 0.5) is 0 Å². The van der Waals surface area contributed by atoms with Crippen LogP contribution in [0.25, 0.3) is 0 Å². The molecule has 1 heterocycles. The summed E-state index contributed by atoms with van der Waals surface area (Å²) in [6, 6.07) is 7.14. The SMILES string of the molecule is CN=C(NCc1ccc(SC)c(C)c1)NCC1CN(C)CCN1C. The number of likely N-dealkylation sites (N-methyl/N-ethyl adjacent to an activating group) is 2. The summed E-state index contributed by atoms with van der Waals surface area (Å²) >= 11 is 1.79. The Labute approximate surface area is 150 Å². The zero-order chi connectivity index (χ0) is 17.5. The van der Waals surface area contributed by atoms with Crippen LogP contribution in [0.5, 0.6) is 0 Å². The number of piperazine rings is 1. The molecular weight excluding hydrogens is 318 g/mol. The van der Waals surface area contributed by atoms with Gasteiger partial charge in [0.15, 0.2) is 5.96 Å². The highest BCUT2D eigenvalue weighted by molar-refractivity contribution is 7.98. The van der Waals surface area contributed by atoms with E-state index >= 15 is 0 Å². The number of rotatable bonds is 5. The van der Waals surface area contributed by atoms with Crippen LogP contribution in [0.2, 0.25) is 0 Å². The number of hydrogen-bond acceptors (Lipinski definition) is 4. The summed E-state index contributed by atoms with van der Waals surface area (Å²) in [4.78, 5) is 10.5. The third-order valence-corrected chi connectivity index (χ3v) is 5.53. The fraction of sp³-hybridized carbons (Fsp3) is 0.611. The summed E-state index contributed by atoms with van der Waals surface area (Å²) in [5.74, 6) is 0.864. The van der Waals surface area contributed by atoms with Crippen molar-refractivity contribution in [3.8, 4) is 0 Å². The van der Waals surface area contributed by atoms with Crippen molar-refractivity contribution in [1.29, 1.82) is 0 Å². The molecule has 1 saturated heterocycles. The number of guanidine groups is 1. The van der Waals surface area contributed by atoms with Gasteiger partial charge in [-0.05, 0) is 44.5 Å². The Morgan fingerprint density at radius 3 is 2.75 bits per heavy atom.